The number of aliphatic hydroxyl groups is 1. The topological polar surface area (TPSA) is 33.1 Å². The first-order valence-electron chi connectivity index (χ1n) is 6.72. The van der Waals surface area contributed by atoms with Crippen molar-refractivity contribution in [2.75, 3.05) is 0 Å². The second-order valence-corrected chi connectivity index (χ2v) is 5.72. The highest BCUT2D eigenvalue weighted by molar-refractivity contribution is 5.78. The molecule has 94 valence electrons. The van der Waals surface area contributed by atoms with Gasteiger partial charge in [0, 0.05) is 11.6 Å². The molecule has 1 atom stereocenters. The normalized spacial score (nSPS) is 20.1. The quantitative estimate of drug-likeness (QED) is 0.866. The van der Waals surface area contributed by atoms with Gasteiger partial charge in [-0.1, -0.05) is 38.0 Å². The number of fused-ring (bicyclic) bond motifs is 1. The molecule has 1 fully saturated rings. The first-order chi connectivity index (χ1) is 8.69. The van der Waals surface area contributed by atoms with E-state index in [0.717, 1.165) is 29.3 Å². The molecule has 1 aliphatic rings. The molecule has 2 aromatic rings. The molecule has 1 aromatic heterocycles. The fraction of sp³-hybridized carbons (Fsp3) is 0.438. The SMILES string of the molecule is CC1(C(O)c2ccc3cccnc3c2)CCCC1. The van der Waals surface area contributed by atoms with E-state index in [1.165, 1.54) is 12.8 Å². The molecule has 2 nitrogen and oxygen atoms in total. The lowest BCUT2D eigenvalue weighted by Gasteiger charge is -2.30. The van der Waals surface area contributed by atoms with Crippen molar-refractivity contribution < 1.29 is 5.11 Å². The maximum absolute atomic E-state index is 10.6. The minimum absolute atomic E-state index is 0.0441. The van der Waals surface area contributed by atoms with Crippen LogP contribution in [0.1, 0.15) is 44.3 Å². The van der Waals surface area contributed by atoms with E-state index in [4.69, 9.17) is 0 Å². The van der Waals surface area contributed by atoms with Crippen molar-refractivity contribution in [2.45, 2.75) is 38.7 Å². The summed E-state index contributed by atoms with van der Waals surface area (Å²) < 4.78 is 0. The third-order valence-electron chi connectivity index (χ3n) is 4.35. The van der Waals surface area contributed by atoms with Crippen LogP contribution >= 0.6 is 0 Å². The summed E-state index contributed by atoms with van der Waals surface area (Å²) >= 11 is 0. The lowest BCUT2D eigenvalue weighted by atomic mass is 9.79. The van der Waals surface area contributed by atoms with Crippen LogP contribution in [0.5, 0.6) is 0 Å². The summed E-state index contributed by atoms with van der Waals surface area (Å²) in [5.74, 6) is 0. The van der Waals surface area contributed by atoms with Crippen molar-refractivity contribution >= 4 is 10.9 Å². The Morgan fingerprint density at radius 2 is 2.00 bits per heavy atom. The standard InChI is InChI=1S/C16H19NO/c1-16(8-2-3-9-16)15(18)13-7-6-12-5-4-10-17-14(12)11-13/h4-7,10-11,15,18H,2-3,8-9H2,1H3. The fourth-order valence-corrected chi connectivity index (χ4v) is 3.11. The third-order valence-corrected chi connectivity index (χ3v) is 4.35. The van der Waals surface area contributed by atoms with Gasteiger partial charge < -0.3 is 5.11 Å². The van der Waals surface area contributed by atoms with Crippen LogP contribution in [0.25, 0.3) is 10.9 Å². The van der Waals surface area contributed by atoms with Crippen LogP contribution in [0.4, 0.5) is 0 Å². The molecule has 1 unspecified atom stereocenters. The van der Waals surface area contributed by atoms with E-state index in [2.05, 4.69) is 24.0 Å². The number of aromatic nitrogens is 1. The van der Waals surface area contributed by atoms with Gasteiger partial charge in [0.1, 0.15) is 0 Å². The highest BCUT2D eigenvalue weighted by Crippen LogP contribution is 2.47. The Bertz CT molecular complexity index is 558. The van der Waals surface area contributed by atoms with Gasteiger partial charge in [-0.15, -0.1) is 0 Å². The van der Waals surface area contributed by atoms with Crippen LogP contribution in [0.2, 0.25) is 0 Å². The van der Waals surface area contributed by atoms with Crippen molar-refractivity contribution in [2.24, 2.45) is 5.41 Å². The number of benzene rings is 1. The second kappa shape index (κ2) is 4.36. The molecule has 0 radical (unpaired) electrons. The van der Waals surface area contributed by atoms with E-state index < -0.39 is 0 Å². The zero-order valence-corrected chi connectivity index (χ0v) is 10.8. The fourth-order valence-electron chi connectivity index (χ4n) is 3.11. The second-order valence-electron chi connectivity index (χ2n) is 5.72. The molecule has 1 aromatic carbocycles. The third kappa shape index (κ3) is 1.91. The molecule has 2 heteroatoms. The van der Waals surface area contributed by atoms with E-state index in [1.54, 1.807) is 6.20 Å². The largest absolute Gasteiger partial charge is 0.388 e. The number of hydrogen-bond acceptors (Lipinski definition) is 2. The molecule has 0 amide bonds. The molecule has 0 aliphatic heterocycles. The van der Waals surface area contributed by atoms with E-state index in [9.17, 15) is 5.11 Å². The zero-order valence-electron chi connectivity index (χ0n) is 10.8. The molecular formula is C16H19NO. The van der Waals surface area contributed by atoms with Gasteiger partial charge >= 0.3 is 0 Å². The van der Waals surface area contributed by atoms with Gasteiger partial charge in [0.2, 0.25) is 0 Å². The van der Waals surface area contributed by atoms with Crippen molar-refractivity contribution in [1.29, 1.82) is 0 Å². The van der Waals surface area contributed by atoms with Gasteiger partial charge in [-0.05, 0) is 36.0 Å². The number of pyridine rings is 1. The Morgan fingerprint density at radius 1 is 1.22 bits per heavy atom. The molecule has 1 saturated carbocycles. The van der Waals surface area contributed by atoms with Gasteiger partial charge in [0.25, 0.3) is 0 Å². The first kappa shape index (κ1) is 11.7. The first-order valence-corrected chi connectivity index (χ1v) is 6.72. The van der Waals surface area contributed by atoms with Gasteiger partial charge in [0.15, 0.2) is 0 Å². The summed E-state index contributed by atoms with van der Waals surface area (Å²) in [6.07, 6.45) is 6.14. The van der Waals surface area contributed by atoms with Crippen LogP contribution in [-0.2, 0) is 0 Å². The summed E-state index contributed by atoms with van der Waals surface area (Å²) in [6.45, 7) is 2.20. The number of hydrogen-bond donors (Lipinski definition) is 1. The van der Waals surface area contributed by atoms with Crippen LogP contribution in [0.3, 0.4) is 0 Å². The van der Waals surface area contributed by atoms with Crippen LogP contribution in [0, 0.1) is 5.41 Å². The Morgan fingerprint density at radius 3 is 2.78 bits per heavy atom. The summed E-state index contributed by atoms with van der Waals surface area (Å²) in [4.78, 5) is 4.36. The summed E-state index contributed by atoms with van der Waals surface area (Å²) in [7, 11) is 0. The predicted octanol–water partition coefficient (Wildman–Crippen LogP) is 3.85. The molecule has 18 heavy (non-hydrogen) atoms. The Kier molecular flexibility index (Phi) is 2.83. The molecule has 1 N–H and O–H groups in total. The van der Waals surface area contributed by atoms with Crippen molar-refractivity contribution in [1.82, 2.24) is 4.98 Å². The van der Waals surface area contributed by atoms with Crippen LogP contribution in [-0.4, -0.2) is 10.1 Å². The minimum Gasteiger partial charge on any atom is -0.388 e. The molecular weight excluding hydrogens is 222 g/mol. The monoisotopic (exact) mass is 241 g/mol. The average Bonchev–Trinajstić information content (AvgIpc) is 2.85. The summed E-state index contributed by atoms with van der Waals surface area (Å²) in [6, 6.07) is 10.1. The Hall–Kier alpha value is -1.41. The molecule has 0 spiro atoms. The van der Waals surface area contributed by atoms with E-state index in [-0.39, 0.29) is 11.5 Å². The highest BCUT2D eigenvalue weighted by Gasteiger charge is 2.36. The summed E-state index contributed by atoms with van der Waals surface area (Å²) in [5.41, 5.74) is 2.02. The molecule has 1 heterocycles. The van der Waals surface area contributed by atoms with Crippen molar-refractivity contribution in [3.05, 3.63) is 42.1 Å². The maximum atomic E-state index is 10.6. The van der Waals surface area contributed by atoms with E-state index in [1.807, 2.05) is 18.2 Å². The van der Waals surface area contributed by atoms with Crippen LogP contribution < -0.4 is 0 Å². The maximum Gasteiger partial charge on any atom is 0.0844 e. The number of aliphatic hydroxyl groups excluding tert-OH is 1. The van der Waals surface area contributed by atoms with E-state index in [0.29, 0.717) is 0 Å². The van der Waals surface area contributed by atoms with Crippen molar-refractivity contribution in [3.8, 4) is 0 Å². The smallest absolute Gasteiger partial charge is 0.0844 e. The van der Waals surface area contributed by atoms with Gasteiger partial charge in [-0.2, -0.15) is 0 Å². The minimum atomic E-state index is -0.369. The molecule has 0 saturated heterocycles. The van der Waals surface area contributed by atoms with E-state index >= 15 is 0 Å². The number of nitrogens with zero attached hydrogens (tertiary/aromatic N) is 1. The lowest BCUT2D eigenvalue weighted by molar-refractivity contribution is 0.0409. The Labute approximate surface area is 108 Å². The van der Waals surface area contributed by atoms with Crippen LogP contribution in [0.15, 0.2) is 36.5 Å². The number of rotatable bonds is 2. The predicted molar refractivity (Wildman–Crippen MR) is 73.3 cm³/mol. The molecule has 3 rings (SSSR count). The average molecular weight is 241 g/mol. The zero-order chi connectivity index (χ0) is 12.6. The Balaban J connectivity index is 1.98. The lowest BCUT2D eigenvalue weighted by Crippen LogP contribution is -2.21. The highest BCUT2D eigenvalue weighted by atomic mass is 16.3. The van der Waals surface area contributed by atoms with Gasteiger partial charge in [-0.25, -0.2) is 0 Å². The van der Waals surface area contributed by atoms with Gasteiger partial charge in [0.05, 0.1) is 11.6 Å². The summed E-state index contributed by atoms with van der Waals surface area (Å²) in [5, 5.41) is 11.7. The van der Waals surface area contributed by atoms with Crippen molar-refractivity contribution in [3.63, 3.8) is 0 Å². The molecule has 0 bridgehead atoms. The molecule has 1 aliphatic carbocycles. The van der Waals surface area contributed by atoms with Gasteiger partial charge in [-0.3, -0.25) is 4.98 Å².